The van der Waals surface area contributed by atoms with Gasteiger partial charge in [0.15, 0.2) is 0 Å². The lowest BCUT2D eigenvalue weighted by Crippen LogP contribution is -2.24. The number of hydrogen-bond donors (Lipinski definition) is 2. The monoisotopic (exact) mass is 382 g/mol. The Kier molecular flexibility index (Phi) is 5.88. The first-order chi connectivity index (χ1) is 13.1. The van der Waals surface area contributed by atoms with Crippen molar-refractivity contribution in [1.82, 2.24) is 15.3 Å². The van der Waals surface area contributed by atoms with E-state index < -0.39 is 0 Å². The number of nitrogens with one attached hydrogen (secondary N) is 2. The van der Waals surface area contributed by atoms with Gasteiger partial charge in [0.1, 0.15) is 11.4 Å². The van der Waals surface area contributed by atoms with E-state index in [9.17, 15) is 4.79 Å². The number of anilines is 2. The number of carbonyl (C=O) groups excluding carboxylic acids is 1. The minimum absolute atomic E-state index is 0.256. The quantitative estimate of drug-likeness (QED) is 0.670. The van der Waals surface area contributed by atoms with Gasteiger partial charge >= 0.3 is 0 Å². The van der Waals surface area contributed by atoms with Gasteiger partial charge in [-0.2, -0.15) is 0 Å². The van der Waals surface area contributed by atoms with Crippen molar-refractivity contribution in [2.45, 2.75) is 13.5 Å². The zero-order valence-corrected chi connectivity index (χ0v) is 15.7. The van der Waals surface area contributed by atoms with Crippen LogP contribution in [0.3, 0.4) is 0 Å². The van der Waals surface area contributed by atoms with Crippen molar-refractivity contribution in [3.8, 4) is 5.75 Å². The van der Waals surface area contributed by atoms with Gasteiger partial charge in [-0.05, 0) is 42.3 Å². The van der Waals surface area contributed by atoms with Crippen molar-refractivity contribution in [1.29, 1.82) is 0 Å². The third-order valence-electron chi connectivity index (χ3n) is 3.89. The summed E-state index contributed by atoms with van der Waals surface area (Å²) in [6.45, 7) is 2.29. The molecular weight excluding hydrogens is 364 g/mol. The Bertz CT molecular complexity index is 962. The van der Waals surface area contributed by atoms with Crippen molar-refractivity contribution in [2.24, 2.45) is 0 Å². The minimum Gasteiger partial charge on any atom is -0.495 e. The molecule has 0 bridgehead atoms. The van der Waals surface area contributed by atoms with Crippen LogP contribution in [0.15, 0.2) is 54.7 Å². The summed E-state index contributed by atoms with van der Waals surface area (Å²) < 4.78 is 5.34. The van der Waals surface area contributed by atoms with E-state index in [4.69, 9.17) is 16.3 Å². The molecule has 0 spiro atoms. The molecule has 0 unspecified atom stereocenters. The number of ether oxygens (including phenoxy) is 1. The number of halogens is 1. The fourth-order valence-corrected chi connectivity index (χ4v) is 2.70. The molecule has 138 valence electrons. The number of methoxy groups -OCH3 is 1. The van der Waals surface area contributed by atoms with Crippen LogP contribution < -0.4 is 15.4 Å². The van der Waals surface area contributed by atoms with E-state index >= 15 is 0 Å². The summed E-state index contributed by atoms with van der Waals surface area (Å²) in [5, 5.41) is 6.51. The second-order valence-corrected chi connectivity index (χ2v) is 6.28. The van der Waals surface area contributed by atoms with E-state index in [1.807, 2.05) is 43.3 Å². The van der Waals surface area contributed by atoms with Gasteiger partial charge in [-0.25, -0.2) is 9.97 Å². The van der Waals surface area contributed by atoms with Gasteiger partial charge in [0.05, 0.1) is 12.8 Å². The molecule has 2 N–H and O–H groups in total. The van der Waals surface area contributed by atoms with Crippen LogP contribution in [0, 0.1) is 6.92 Å². The molecule has 27 heavy (non-hydrogen) atoms. The highest BCUT2D eigenvalue weighted by atomic mass is 35.5. The fourth-order valence-electron chi connectivity index (χ4n) is 2.49. The Morgan fingerprint density at radius 1 is 1.19 bits per heavy atom. The second kappa shape index (κ2) is 8.51. The average molecular weight is 383 g/mol. The molecule has 0 fully saturated rings. The van der Waals surface area contributed by atoms with Gasteiger partial charge in [-0.1, -0.05) is 35.9 Å². The predicted molar refractivity (Wildman–Crippen MR) is 106 cm³/mol. The highest BCUT2D eigenvalue weighted by Gasteiger charge is 2.11. The summed E-state index contributed by atoms with van der Waals surface area (Å²) in [6.07, 6.45) is 1.53. The average Bonchev–Trinajstić information content (AvgIpc) is 2.67. The largest absolute Gasteiger partial charge is 0.495 e. The summed E-state index contributed by atoms with van der Waals surface area (Å²) in [4.78, 5) is 20.9. The molecule has 1 amide bonds. The molecule has 3 aromatic rings. The lowest BCUT2D eigenvalue weighted by Gasteiger charge is -2.11. The summed E-state index contributed by atoms with van der Waals surface area (Å²) >= 11 is 6.11. The number of aryl methyl sites for hydroxylation is 1. The Hall–Kier alpha value is -3.12. The highest BCUT2D eigenvalue weighted by Crippen LogP contribution is 2.27. The maximum atomic E-state index is 12.4. The number of aromatic nitrogens is 2. The van der Waals surface area contributed by atoms with E-state index in [1.54, 1.807) is 19.2 Å². The summed E-state index contributed by atoms with van der Waals surface area (Å²) in [5.74, 6) is 0.665. The van der Waals surface area contributed by atoms with E-state index in [0.717, 1.165) is 16.8 Å². The Morgan fingerprint density at radius 3 is 2.78 bits per heavy atom. The van der Waals surface area contributed by atoms with Gasteiger partial charge in [0.25, 0.3) is 5.91 Å². The van der Waals surface area contributed by atoms with E-state index in [1.165, 1.54) is 6.20 Å². The minimum atomic E-state index is -0.309. The number of benzene rings is 2. The van der Waals surface area contributed by atoms with Crippen LogP contribution in [-0.2, 0) is 6.54 Å². The number of rotatable bonds is 6. The van der Waals surface area contributed by atoms with Crippen LogP contribution in [0.4, 0.5) is 11.6 Å². The predicted octanol–water partition coefficient (Wildman–Crippen LogP) is 4.12. The molecule has 7 heteroatoms. The van der Waals surface area contributed by atoms with E-state index in [0.29, 0.717) is 23.3 Å². The molecule has 2 aromatic carbocycles. The third kappa shape index (κ3) is 4.74. The Balaban J connectivity index is 1.73. The van der Waals surface area contributed by atoms with Crippen molar-refractivity contribution < 1.29 is 9.53 Å². The lowest BCUT2D eigenvalue weighted by atomic mass is 10.2. The molecule has 0 radical (unpaired) electrons. The van der Waals surface area contributed by atoms with Crippen molar-refractivity contribution in [2.75, 3.05) is 12.4 Å². The fraction of sp³-hybridized carbons (Fsp3) is 0.150. The second-order valence-electron chi connectivity index (χ2n) is 5.87. The van der Waals surface area contributed by atoms with Crippen LogP contribution >= 0.6 is 11.6 Å². The molecule has 0 atom stereocenters. The molecule has 1 heterocycles. The maximum absolute atomic E-state index is 12.4. The molecule has 1 aromatic heterocycles. The zero-order valence-electron chi connectivity index (χ0n) is 15.0. The van der Waals surface area contributed by atoms with Crippen molar-refractivity contribution >= 4 is 29.1 Å². The van der Waals surface area contributed by atoms with Gasteiger partial charge in [0.2, 0.25) is 5.95 Å². The van der Waals surface area contributed by atoms with Gasteiger partial charge in [-0.15, -0.1) is 0 Å². The van der Waals surface area contributed by atoms with Gasteiger partial charge < -0.3 is 15.4 Å². The molecule has 6 nitrogen and oxygen atoms in total. The van der Waals surface area contributed by atoms with Crippen LogP contribution in [0.2, 0.25) is 5.02 Å². The standard InChI is InChI=1S/C20H19ClN4O2/c1-13-7-8-18(27-2)17(11-13)25-20-22-10-9-16(24-20)19(26)23-12-14-5-3-4-6-15(14)21/h3-11H,12H2,1-2H3,(H,23,26)(H,22,24,25). The first-order valence-electron chi connectivity index (χ1n) is 8.33. The summed E-state index contributed by atoms with van der Waals surface area (Å²) in [6, 6.07) is 14.6. The summed E-state index contributed by atoms with van der Waals surface area (Å²) in [5.41, 5.74) is 2.88. The van der Waals surface area contributed by atoms with Gasteiger partial charge in [-0.3, -0.25) is 4.79 Å². The van der Waals surface area contributed by atoms with E-state index in [2.05, 4.69) is 20.6 Å². The number of carbonyl (C=O) groups is 1. The number of nitrogens with zero attached hydrogens (tertiary/aromatic N) is 2. The highest BCUT2D eigenvalue weighted by molar-refractivity contribution is 6.31. The maximum Gasteiger partial charge on any atom is 0.270 e. The topological polar surface area (TPSA) is 76.1 Å². The molecule has 0 saturated heterocycles. The van der Waals surface area contributed by atoms with Crippen LogP contribution in [-0.4, -0.2) is 23.0 Å². The molecule has 3 rings (SSSR count). The smallest absolute Gasteiger partial charge is 0.270 e. The van der Waals surface area contributed by atoms with Crippen LogP contribution in [0.25, 0.3) is 0 Å². The normalized spacial score (nSPS) is 10.3. The van der Waals surface area contributed by atoms with Crippen molar-refractivity contribution in [3.63, 3.8) is 0 Å². The molecule has 0 saturated carbocycles. The van der Waals surface area contributed by atoms with Crippen molar-refractivity contribution in [3.05, 3.63) is 76.6 Å². The van der Waals surface area contributed by atoms with Crippen LogP contribution in [0.1, 0.15) is 21.6 Å². The first-order valence-corrected chi connectivity index (χ1v) is 8.71. The Labute approximate surface area is 162 Å². The molecular formula is C20H19ClN4O2. The number of amides is 1. The lowest BCUT2D eigenvalue weighted by molar-refractivity contribution is 0.0946. The number of hydrogen-bond acceptors (Lipinski definition) is 5. The molecule has 0 aliphatic heterocycles. The third-order valence-corrected chi connectivity index (χ3v) is 4.26. The SMILES string of the molecule is COc1ccc(C)cc1Nc1nccc(C(=O)NCc2ccccc2Cl)n1. The first kappa shape index (κ1) is 18.7. The van der Waals surface area contributed by atoms with Gasteiger partial charge in [0, 0.05) is 17.8 Å². The van der Waals surface area contributed by atoms with E-state index in [-0.39, 0.29) is 11.6 Å². The van der Waals surface area contributed by atoms with Crippen LogP contribution in [0.5, 0.6) is 5.75 Å². The zero-order chi connectivity index (χ0) is 19.2. The molecule has 0 aliphatic carbocycles. The summed E-state index contributed by atoms with van der Waals surface area (Å²) in [7, 11) is 1.59. The Morgan fingerprint density at radius 2 is 2.00 bits per heavy atom. The molecule has 0 aliphatic rings.